The van der Waals surface area contributed by atoms with Gasteiger partial charge in [-0.05, 0) is 41.0 Å². The van der Waals surface area contributed by atoms with E-state index in [0.717, 1.165) is 19.0 Å². The van der Waals surface area contributed by atoms with Crippen LogP contribution in [0.3, 0.4) is 0 Å². The summed E-state index contributed by atoms with van der Waals surface area (Å²) < 4.78 is 43.9. The van der Waals surface area contributed by atoms with E-state index in [1.807, 2.05) is 0 Å². The van der Waals surface area contributed by atoms with E-state index in [-0.39, 0.29) is 5.92 Å². The van der Waals surface area contributed by atoms with E-state index in [1.54, 1.807) is 0 Å². The van der Waals surface area contributed by atoms with Gasteiger partial charge in [0.05, 0.1) is 17.1 Å². The predicted molar refractivity (Wildman–Crippen MR) is 65.9 cm³/mol. The van der Waals surface area contributed by atoms with Gasteiger partial charge < -0.3 is 10.1 Å². The Morgan fingerprint density at radius 1 is 1.39 bits per heavy atom. The number of hydrogen-bond donors (Lipinski definition) is 1. The molecule has 1 aliphatic heterocycles. The highest BCUT2D eigenvalue weighted by Gasteiger charge is 2.33. The molecule has 1 N–H and O–H groups in total. The van der Waals surface area contributed by atoms with Gasteiger partial charge in [0.15, 0.2) is 0 Å². The van der Waals surface area contributed by atoms with Crippen LogP contribution in [0.4, 0.5) is 13.2 Å². The molecule has 0 amide bonds. The minimum absolute atomic E-state index is 0.0681. The van der Waals surface area contributed by atoms with Gasteiger partial charge in [0, 0.05) is 18.0 Å². The summed E-state index contributed by atoms with van der Waals surface area (Å²) in [4.78, 5) is 0. The summed E-state index contributed by atoms with van der Waals surface area (Å²) in [6.07, 6.45) is -3.51. The molecule has 0 spiro atoms. The maximum absolute atomic E-state index is 12.8. The molecule has 1 unspecified atom stereocenters. The van der Waals surface area contributed by atoms with Gasteiger partial charge in [0.25, 0.3) is 0 Å². The molecule has 1 aromatic rings. The van der Waals surface area contributed by atoms with Crippen molar-refractivity contribution in [1.82, 2.24) is 5.32 Å². The number of methoxy groups -OCH3 is 1. The third-order valence-electron chi connectivity index (χ3n) is 3.10. The van der Waals surface area contributed by atoms with Crippen molar-refractivity contribution < 1.29 is 17.9 Å². The van der Waals surface area contributed by atoms with Crippen molar-refractivity contribution in [3.63, 3.8) is 0 Å². The van der Waals surface area contributed by atoms with E-state index in [0.29, 0.717) is 22.3 Å². The lowest BCUT2D eigenvalue weighted by Gasteiger charge is -2.18. The minimum Gasteiger partial charge on any atom is -0.495 e. The van der Waals surface area contributed by atoms with Crippen molar-refractivity contribution in [2.75, 3.05) is 20.2 Å². The number of nitrogens with one attached hydrogen (secondary N) is 1. The largest absolute Gasteiger partial charge is 0.495 e. The highest BCUT2D eigenvalue weighted by molar-refractivity contribution is 9.10. The first kappa shape index (κ1) is 13.7. The van der Waals surface area contributed by atoms with Crippen LogP contribution in [0, 0.1) is 0 Å². The van der Waals surface area contributed by atoms with E-state index >= 15 is 0 Å². The molecule has 100 valence electrons. The van der Waals surface area contributed by atoms with Gasteiger partial charge >= 0.3 is 6.18 Å². The van der Waals surface area contributed by atoms with Crippen LogP contribution >= 0.6 is 15.9 Å². The number of ether oxygens (including phenoxy) is 1. The van der Waals surface area contributed by atoms with Crippen LogP contribution in [0.2, 0.25) is 0 Å². The van der Waals surface area contributed by atoms with E-state index in [9.17, 15) is 13.2 Å². The molecule has 0 aliphatic carbocycles. The lowest BCUT2D eigenvalue weighted by atomic mass is 9.95. The van der Waals surface area contributed by atoms with Gasteiger partial charge in [0.2, 0.25) is 0 Å². The molecular formula is C12H13BrF3NO. The molecule has 1 aromatic carbocycles. The van der Waals surface area contributed by atoms with E-state index < -0.39 is 11.7 Å². The zero-order valence-electron chi connectivity index (χ0n) is 9.77. The Labute approximate surface area is 112 Å². The first-order valence-electron chi connectivity index (χ1n) is 5.59. The predicted octanol–water partition coefficient (Wildman–Crippen LogP) is 3.55. The monoisotopic (exact) mass is 323 g/mol. The SMILES string of the molecule is COc1c(Br)cc(C(F)(F)F)cc1C1CCNC1. The average molecular weight is 324 g/mol. The molecule has 2 nitrogen and oxygen atoms in total. The molecule has 2 rings (SSSR count). The second kappa shape index (κ2) is 5.09. The van der Waals surface area contributed by atoms with Gasteiger partial charge in [-0.3, -0.25) is 0 Å². The molecule has 1 atom stereocenters. The van der Waals surface area contributed by atoms with E-state index in [2.05, 4.69) is 21.2 Å². The zero-order chi connectivity index (χ0) is 13.3. The van der Waals surface area contributed by atoms with Crippen molar-refractivity contribution in [2.45, 2.75) is 18.5 Å². The average Bonchev–Trinajstić information content (AvgIpc) is 2.79. The minimum atomic E-state index is -4.34. The lowest BCUT2D eigenvalue weighted by Crippen LogP contribution is -2.11. The maximum atomic E-state index is 12.8. The van der Waals surface area contributed by atoms with Gasteiger partial charge in [0.1, 0.15) is 5.75 Å². The summed E-state index contributed by atoms with van der Waals surface area (Å²) in [6, 6.07) is 2.26. The lowest BCUT2D eigenvalue weighted by molar-refractivity contribution is -0.137. The molecule has 0 bridgehead atoms. The normalized spacial score (nSPS) is 20.2. The Morgan fingerprint density at radius 3 is 2.61 bits per heavy atom. The molecular weight excluding hydrogens is 311 g/mol. The van der Waals surface area contributed by atoms with Crippen molar-refractivity contribution in [3.05, 3.63) is 27.7 Å². The fourth-order valence-electron chi connectivity index (χ4n) is 2.22. The fraction of sp³-hybridized carbons (Fsp3) is 0.500. The Balaban J connectivity index is 2.50. The smallest absolute Gasteiger partial charge is 0.416 e. The number of alkyl halides is 3. The molecule has 1 saturated heterocycles. The Morgan fingerprint density at radius 2 is 2.11 bits per heavy atom. The van der Waals surface area contributed by atoms with Crippen LogP contribution in [-0.2, 0) is 6.18 Å². The molecule has 6 heteroatoms. The molecule has 0 saturated carbocycles. The van der Waals surface area contributed by atoms with Crippen LogP contribution in [0.1, 0.15) is 23.5 Å². The molecule has 0 radical (unpaired) electrons. The molecule has 0 aromatic heterocycles. The van der Waals surface area contributed by atoms with Crippen molar-refractivity contribution in [2.24, 2.45) is 0 Å². The van der Waals surface area contributed by atoms with E-state index in [4.69, 9.17) is 4.74 Å². The summed E-state index contributed by atoms with van der Waals surface area (Å²) >= 11 is 3.15. The van der Waals surface area contributed by atoms with Crippen molar-refractivity contribution >= 4 is 15.9 Å². The highest BCUT2D eigenvalue weighted by atomic mass is 79.9. The van der Waals surface area contributed by atoms with Crippen LogP contribution in [0.25, 0.3) is 0 Å². The number of hydrogen-bond acceptors (Lipinski definition) is 2. The maximum Gasteiger partial charge on any atom is 0.416 e. The second-order valence-corrected chi connectivity index (χ2v) is 5.12. The summed E-state index contributed by atoms with van der Waals surface area (Å²) in [6.45, 7) is 1.51. The topological polar surface area (TPSA) is 21.3 Å². The fourth-order valence-corrected chi connectivity index (χ4v) is 2.85. The first-order valence-corrected chi connectivity index (χ1v) is 6.38. The Bertz CT molecular complexity index is 442. The van der Waals surface area contributed by atoms with Crippen LogP contribution < -0.4 is 10.1 Å². The van der Waals surface area contributed by atoms with Gasteiger partial charge in [-0.1, -0.05) is 0 Å². The highest BCUT2D eigenvalue weighted by Crippen LogP contribution is 2.41. The Hall–Kier alpha value is -0.750. The Kier molecular flexibility index (Phi) is 3.87. The van der Waals surface area contributed by atoms with Crippen molar-refractivity contribution in [3.8, 4) is 5.75 Å². The van der Waals surface area contributed by atoms with Crippen LogP contribution in [-0.4, -0.2) is 20.2 Å². The number of rotatable bonds is 2. The molecule has 1 heterocycles. The summed E-state index contributed by atoms with van der Waals surface area (Å²) in [5, 5.41) is 3.15. The summed E-state index contributed by atoms with van der Waals surface area (Å²) in [5.74, 6) is 0.565. The van der Waals surface area contributed by atoms with Gasteiger partial charge in [-0.25, -0.2) is 0 Å². The molecule has 1 aliphatic rings. The quantitative estimate of drug-likeness (QED) is 0.898. The van der Waals surface area contributed by atoms with Crippen LogP contribution in [0.15, 0.2) is 16.6 Å². The zero-order valence-corrected chi connectivity index (χ0v) is 11.4. The summed E-state index contributed by atoms with van der Waals surface area (Å²) in [7, 11) is 1.47. The standard InChI is InChI=1S/C12H13BrF3NO/c1-18-11-9(7-2-3-17-6-7)4-8(5-10(11)13)12(14,15)16/h4-5,7,17H,2-3,6H2,1H3. The third kappa shape index (κ3) is 2.64. The molecule has 18 heavy (non-hydrogen) atoms. The van der Waals surface area contributed by atoms with E-state index in [1.165, 1.54) is 13.2 Å². The third-order valence-corrected chi connectivity index (χ3v) is 3.69. The first-order chi connectivity index (χ1) is 8.43. The van der Waals surface area contributed by atoms with Gasteiger partial charge in [-0.15, -0.1) is 0 Å². The number of halogens is 4. The summed E-state index contributed by atoms with van der Waals surface area (Å²) in [5.41, 5.74) is -0.0266. The molecule has 1 fully saturated rings. The van der Waals surface area contributed by atoms with Crippen LogP contribution in [0.5, 0.6) is 5.75 Å². The second-order valence-electron chi connectivity index (χ2n) is 4.27. The number of benzene rings is 1. The van der Waals surface area contributed by atoms with Gasteiger partial charge in [-0.2, -0.15) is 13.2 Å². The van der Waals surface area contributed by atoms with Crippen molar-refractivity contribution in [1.29, 1.82) is 0 Å².